The summed E-state index contributed by atoms with van der Waals surface area (Å²) in [6.07, 6.45) is -1.19. The Morgan fingerprint density at radius 3 is 1.92 bits per heavy atom. The fourth-order valence-electron chi connectivity index (χ4n) is 2.31. The number of methoxy groups -OCH3 is 5. The summed E-state index contributed by atoms with van der Waals surface area (Å²) in [5.74, 6) is 1.28. The summed E-state index contributed by atoms with van der Waals surface area (Å²) in [7, 11) is 7.27. The molecule has 0 fully saturated rings. The first-order valence-corrected chi connectivity index (χ1v) is 7.51. The van der Waals surface area contributed by atoms with Crippen LogP contribution in [0.15, 0.2) is 12.1 Å². The molecule has 2 aromatic rings. The van der Waals surface area contributed by atoms with Crippen molar-refractivity contribution in [2.45, 2.75) is 6.10 Å². The summed E-state index contributed by atoms with van der Waals surface area (Å²) in [5.41, 5.74) is 0.628. The molecule has 1 unspecified atom stereocenters. The van der Waals surface area contributed by atoms with E-state index < -0.39 is 6.10 Å². The average molecular weight is 371 g/mol. The van der Waals surface area contributed by atoms with Crippen molar-refractivity contribution < 1.29 is 28.8 Å². The van der Waals surface area contributed by atoms with Gasteiger partial charge in [0.2, 0.25) is 11.6 Å². The smallest absolute Gasteiger partial charge is 0.320 e. The maximum atomic E-state index is 10.8. The molecule has 0 aliphatic rings. The van der Waals surface area contributed by atoms with Crippen LogP contribution in [-0.4, -0.2) is 50.6 Å². The van der Waals surface area contributed by atoms with Gasteiger partial charge in [-0.2, -0.15) is 9.97 Å². The van der Waals surface area contributed by atoms with E-state index in [1.165, 1.54) is 35.5 Å². The van der Waals surface area contributed by atoms with Gasteiger partial charge in [0.15, 0.2) is 11.5 Å². The van der Waals surface area contributed by atoms with Gasteiger partial charge in [-0.15, -0.1) is 0 Å². The molecular formula is C16H19ClN2O6. The average Bonchev–Trinajstić information content (AvgIpc) is 2.65. The van der Waals surface area contributed by atoms with Gasteiger partial charge in [-0.25, -0.2) is 0 Å². The molecule has 0 aliphatic carbocycles. The highest BCUT2D eigenvalue weighted by atomic mass is 35.5. The first-order valence-electron chi connectivity index (χ1n) is 7.14. The zero-order chi connectivity index (χ0) is 18.6. The molecule has 0 bridgehead atoms. The number of benzene rings is 1. The van der Waals surface area contributed by atoms with E-state index in [0.717, 1.165) is 0 Å². The van der Waals surface area contributed by atoms with E-state index >= 15 is 0 Å². The van der Waals surface area contributed by atoms with Crippen LogP contribution in [0.4, 0.5) is 0 Å². The van der Waals surface area contributed by atoms with Crippen LogP contribution < -0.4 is 23.7 Å². The number of nitrogens with zero attached hydrogens (tertiary/aromatic N) is 2. The normalized spacial score (nSPS) is 11.6. The Balaban J connectivity index is 2.60. The van der Waals surface area contributed by atoms with Crippen molar-refractivity contribution in [3.05, 3.63) is 28.4 Å². The molecule has 0 aliphatic heterocycles. The third-order valence-corrected chi connectivity index (χ3v) is 3.78. The lowest BCUT2D eigenvalue weighted by Crippen LogP contribution is -2.08. The van der Waals surface area contributed by atoms with Crippen LogP contribution >= 0.6 is 11.6 Å². The number of aliphatic hydroxyl groups is 1. The lowest BCUT2D eigenvalue weighted by molar-refractivity contribution is 0.210. The molecular weight excluding hydrogens is 352 g/mol. The summed E-state index contributed by atoms with van der Waals surface area (Å²) in [4.78, 5) is 8.02. The van der Waals surface area contributed by atoms with Crippen LogP contribution in [-0.2, 0) is 0 Å². The van der Waals surface area contributed by atoms with Gasteiger partial charge < -0.3 is 28.8 Å². The Morgan fingerprint density at radius 2 is 1.48 bits per heavy atom. The minimum Gasteiger partial charge on any atom is -0.493 e. The first-order chi connectivity index (χ1) is 12.0. The molecule has 0 radical (unpaired) electrons. The lowest BCUT2D eigenvalue weighted by atomic mass is 10.0. The van der Waals surface area contributed by atoms with Crippen molar-refractivity contribution >= 4 is 11.6 Å². The number of hydrogen-bond acceptors (Lipinski definition) is 8. The van der Waals surface area contributed by atoms with Crippen molar-refractivity contribution in [1.82, 2.24) is 9.97 Å². The monoisotopic (exact) mass is 370 g/mol. The Morgan fingerprint density at radius 1 is 0.880 bits per heavy atom. The zero-order valence-corrected chi connectivity index (χ0v) is 15.2. The van der Waals surface area contributed by atoms with Crippen LogP contribution in [0.5, 0.6) is 29.1 Å². The molecule has 1 heterocycles. The predicted molar refractivity (Wildman–Crippen MR) is 90.3 cm³/mol. The maximum Gasteiger partial charge on any atom is 0.320 e. The second-order valence-electron chi connectivity index (χ2n) is 4.79. The first kappa shape index (κ1) is 18.9. The molecule has 9 heteroatoms. The van der Waals surface area contributed by atoms with Crippen molar-refractivity contribution in [2.24, 2.45) is 0 Å². The number of rotatable bonds is 7. The predicted octanol–water partition coefficient (Wildman–Crippen LogP) is 2.25. The van der Waals surface area contributed by atoms with Crippen LogP contribution in [0.1, 0.15) is 17.2 Å². The molecule has 0 saturated carbocycles. The molecule has 8 nitrogen and oxygen atoms in total. The Bertz CT molecular complexity index is 731. The highest BCUT2D eigenvalue weighted by Gasteiger charge is 2.25. The van der Waals surface area contributed by atoms with Gasteiger partial charge in [-0.1, -0.05) is 11.6 Å². The molecule has 1 atom stereocenters. The number of halogens is 1. The van der Waals surface area contributed by atoms with Gasteiger partial charge in [0.25, 0.3) is 0 Å². The van der Waals surface area contributed by atoms with Crippen LogP contribution in [0.3, 0.4) is 0 Å². The number of aromatic nitrogens is 2. The molecule has 2 rings (SSSR count). The summed E-state index contributed by atoms with van der Waals surface area (Å²) in [5, 5.41) is 10.8. The summed E-state index contributed by atoms with van der Waals surface area (Å²) >= 11 is 6.18. The van der Waals surface area contributed by atoms with Crippen LogP contribution in [0, 0.1) is 0 Å². The fourth-order valence-corrected chi connectivity index (χ4v) is 2.56. The highest BCUT2D eigenvalue weighted by molar-refractivity contribution is 6.30. The molecule has 0 spiro atoms. The van der Waals surface area contributed by atoms with E-state index in [1.807, 2.05) is 0 Å². The number of aliphatic hydroxyl groups excluding tert-OH is 1. The lowest BCUT2D eigenvalue weighted by Gasteiger charge is -2.19. The minimum absolute atomic E-state index is 0.00458. The fraction of sp³-hybridized carbons (Fsp3) is 0.375. The summed E-state index contributed by atoms with van der Waals surface area (Å²) in [6.45, 7) is 0. The summed E-state index contributed by atoms with van der Waals surface area (Å²) < 4.78 is 26.0. The second kappa shape index (κ2) is 8.09. The van der Waals surface area contributed by atoms with E-state index in [9.17, 15) is 5.11 Å². The van der Waals surface area contributed by atoms with Gasteiger partial charge >= 0.3 is 6.01 Å². The van der Waals surface area contributed by atoms with Gasteiger partial charge in [-0.3, -0.25) is 0 Å². The maximum absolute atomic E-state index is 10.8. The van der Waals surface area contributed by atoms with E-state index in [1.54, 1.807) is 12.1 Å². The molecule has 1 N–H and O–H groups in total. The van der Waals surface area contributed by atoms with Crippen LogP contribution in [0.25, 0.3) is 0 Å². The van der Waals surface area contributed by atoms with Gasteiger partial charge in [0.1, 0.15) is 11.3 Å². The third kappa shape index (κ3) is 3.64. The molecule has 25 heavy (non-hydrogen) atoms. The van der Waals surface area contributed by atoms with Crippen molar-refractivity contribution in [3.63, 3.8) is 0 Å². The number of hydrogen-bond donors (Lipinski definition) is 1. The summed E-state index contributed by atoms with van der Waals surface area (Å²) in [6, 6.07) is 3.24. The van der Waals surface area contributed by atoms with E-state index in [2.05, 4.69) is 9.97 Å². The van der Waals surface area contributed by atoms with Gasteiger partial charge in [-0.05, 0) is 17.7 Å². The van der Waals surface area contributed by atoms with Gasteiger partial charge in [0.05, 0.1) is 41.1 Å². The van der Waals surface area contributed by atoms with Crippen molar-refractivity contribution in [3.8, 4) is 29.1 Å². The minimum atomic E-state index is -1.19. The molecule has 0 amide bonds. The Labute approximate surface area is 150 Å². The molecule has 1 aromatic heterocycles. The highest BCUT2D eigenvalue weighted by Crippen LogP contribution is 2.42. The standard InChI is InChI=1S/C16H19ClN2O6/c1-21-9-6-8(7-10(22-2)13(9)23-3)12(20)11-14(17)18-16(25-5)19-15(11)24-4/h6-7,12,20H,1-5H3. The largest absolute Gasteiger partial charge is 0.493 e. The quantitative estimate of drug-likeness (QED) is 0.742. The zero-order valence-electron chi connectivity index (χ0n) is 14.5. The molecule has 0 saturated heterocycles. The second-order valence-corrected chi connectivity index (χ2v) is 5.14. The van der Waals surface area contributed by atoms with Crippen molar-refractivity contribution in [2.75, 3.05) is 35.5 Å². The Kier molecular flexibility index (Phi) is 6.11. The van der Waals surface area contributed by atoms with Crippen molar-refractivity contribution in [1.29, 1.82) is 0 Å². The third-order valence-electron chi connectivity index (χ3n) is 3.50. The van der Waals surface area contributed by atoms with E-state index in [4.69, 9.17) is 35.3 Å². The van der Waals surface area contributed by atoms with E-state index in [-0.39, 0.29) is 22.6 Å². The van der Waals surface area contributed by atoms with Gasteiger partial charge in [0, 0.05) is 0 Å². The van der Waals surface area contributed by atoms with E-state index in [0.29, 0.717) is 22.8 Å². The topological polar surface area (TPSA) is 92.2 Å². The number of ether oxygens (including phenoxy) is 5. The molecule has 1 aromatic carbocycles. The SMILES string of the molecule is COc1nc(Cl)c(C(O)c2cc(OC)c(OC)c(OC)c2)c(OC)n1. The Hall–Kier alpha value is -2.45. The van der Waals surface area contributed by atoms with Crippen LogP contribution in [0.2, 0.25) is 5.15 Å². The molecule has 136 valence electrons.